The molecular weight excluding hydrogens is 202 g/mol. The van der Waals surface area contributed by atoms with Crippen molar-refractivity contribution in [2.24, 2.45) is 0 Å². The number of hydrogen-bond donors (Lipinski definition) is 1. The monoisotopic (exact) mass is 215 g/mol. The van der Waals surface area contributed by atoms with Crippen molar-refractivity contribution in [1.29, 1.82) is 0 Å². The maximum absolute atomic E-state index is 11.8. The summed E-state index contributed by atoms with van der Waals surface area (Å²) in [5.41, 5.74) is 1.71. The van der Waals surface area contributed by atoms with E-state index in [4.69, 9.17) is 0 Å². The molecule has 0 radical (unpaired) electrons. The van der Waals surface area contributed by atoms with E-state index in [1.807, 2.05) is 19.1 Å². The van der Waals surface area contributed by atoms with Crippen LogP contribution in [-0.4, -0.2) is 18.1 Å². The summed E-state index contributed by atoms with van der Waals surface area (Å²) >= 11 is 0. The molecule has 1 aliphatic rings. The lowest BCUT2D eigenvalue weighted by Gasteiger charge is -2.15. The van der Waals surface area contributed by atoms with Crippen LogP contribution in [0.4, 0.5) is 0 Å². The molecule has 2 rings (SSSR count). The van der Waals surface area contributed by atoms with Gasteiger partial charge in [0.2, 0.25) is 11.6 Å². The van der Waals surface area contributed by atoms with E-state index in [9.17, 15) is 9.59 Å². The zero-order valence-corrected chi connectivity index (χ0v) is 9.12. The Kier molecular flexibility index (Phi) is 2.86. The molecule has 0 heterocycles. The van der Waals surface area contributed by atoms with Gasteiger partial charge in [0.1, 0.15) is 0 Å². The molecule has 0 atom stereocenters. The summed E-state index contributed by atoms with van der Waals surface area (Å²) in [6, 6.07) is 7.15. The number of Topliss-reactive ketones (excluding diaryl/α,β-unsaturated/α-hetero) is 2. The Balaban J connectivity index is 2.39. The van der Waals surface area contributed by atoms with Gasteiger partial charge in [-0.05, 0) is 18.1 Å². The Hall–Kier alpha value is -1.90. The van der Waals surface area contributed by atoms with Crippen LogP contribution < -0.4 is 5.32 Å². The summed E-state index contributed by atoms with van der Waals surface area (Å²) in [6.45, 7) is 2.71. The average molecular weight is 215 g/mol. The van der Waals surface area contributed by atoms with E-state index in [1.54, 1.807) is 18.2 Å². The summed E-state index contributed by atoms with van der Waals surface area (Å²) in [4.78, 5) is 23.5. The van der Waals surface area contributed by atoms with Crippen molar-refractivity contribution >= 4 is 17.6 Å². The highest BCUT2D eigenvalue weighted by molar-refractivity contribution is 6.51. The van der Waals surface area contributed by atoms with Gasteiger partial charge >= 0.3 is 0 Å². The molecular formula is C13H13NO2. The second kappa shape index (κ2) is 4.31. The van der Waals surface area contributed by atoms with Crippen LogP contribution in [0.3, 0.4) is 0 Å². The van der Waals surface area contributed by atoms with Crippen LogP contribution >= 0.6 is 0 Å². The first-order valence-electron chi connectivity index (χ1n) is 5.37. The topological polar surface area (TPSA) is 46.2 Å². The molecule has 1 aromatic rings. The van der Waals surface area contributed by atoms with E-state index < -0.39 is 11.6 Å². The first kappa shape index (κ1) is 10.6. The van der Waals surface area contributed by atoms with Crippen LogP contribution in [0.5, 0.6) is 0 Å². The molecule has 82 valence electrons. The molecule has 1 aromatic carbocycles. The average Bonchev–Trinajstić information content (AvgIpc) is 2.32. The summed E-state index contributed by atoms with van der Waals surface area (Å²) in [7, 11) is 0. The third-order valence-corrected chi connectivity index (χ3v) is 2.52. The van der Waals surface area contributed by atoms with Crippen molar-refractivity contribution in [3.63, 3.8) is 0 Å². The highest BCUT2D eigenvalue weighted by atomic mass is 16.2. The van der Waals surface area contributed by atoms with Crippen molar-refractivity contribution in [2.45, 2.75) is 13.3 Å². The van der Waals surface area contributed by atoms with Gasteiger partial charge in [0.15, 0.2) is 0 Å². The van der Waals surface area contributed by atoms with Gasteiger partial charge in [0, 0.05) is 12.1 Å². The number of nitrogens with one attached hydrogen (secondary N) is 1. The zero-order chi connectivity index (χ0) is 11.5. The molecule has 0 spiro atoms. The number of hydrogen-bond acceptors (Lipinski definition) is 3. The first-order chi connectivity index (χ1) is 7.74. The fraction of sp³-hybridized carbons (Fsp3) is 0.231. The van der Waals surface area contributed by atoms with Gasteiger partial charge in [-0.2, -0.15) is 0 Å². The molecule has 0 unspecified atom stereocenters. The standard InChI is InChI=1S/C13H13NO2/c1-2-7-14-11-8-9-5-3-4-6-10(9)12(15)13(11)16/h3-6,8,14H,2,7H2,1H3. The van der Waals surface area contributed by atoms with Crippen molar-refractivity contribution in [1.82, 2.24) is 5.32 Å². The minimum Gasteiger partial charge on any atom is -0.382 e. The SMILES string of the molecule is CCCNC1=Cc2ccccc2C(=O)C1=O. The number of ketones is 2. The van der Waals surface area contributed by atoms with Gasteiger partial charge in [0.05, 0.1) is 5.70 Å². The number of rotatable bonds is 3. The van der Waals surface area contributed by atoms with Crippen LogP contribution in [-0.2, 0) is 4.79 Å². The highest BCUT2D eigenvalue weighted by Crippen LogP contribution is 2.20. The van der Waals surface area contributed by atoms with E-state index in [-0.39, 0.29) is 0 Å². The molecule has 0 fully saturated rings. The molecule has 0 aliphatic heterocycles. The van der Waals surface area contributed by atoms with Crippen molar-refractivity contribution in [3.05, 3.63) is 41.1 Å². The Bertz CT molecular complexity index is 475. The van der Waals surface area contributed by atoms with Gasteiger partial charge < -0.3 is 5.32 Å². The lowest BCUT2D eigenvalue weighted by Crippen LogP contribution is -2.30. The van der Waals surface area contributed by atoms with Crippen LogP contribution in [0.15, 0.2) is 30.0 Å². The summed E-state index contributed by atoms with van der Waals surface area (Å²) < 4.78 is 0. The maximum atomic E-state index is 11.8. The predicted molar refractivity (Wildman–Crippen MR) is 62.1 cm³/mol. The highest BCUT2D eigenvalue weighted by Gasteiger charge is 2.26. The van der Waals surface area contributed by atoms with Crippen LogP contribution in [0.25, 0.3) is 6.08 Å². The summed E-state index contributed by atoms with van der Waals surface area (Å²) in [6.07, 6.45) is 2.66. The lowest BCUT2D eigenvalue weighted by molar-refractivity contribution is -0.112. The van der Waals surface area contributed by atoms with Crippen molar-refractivity contribution in [3.8, 4) is 0 Å². The molecule has 0 saturated carbocycles. The van der Waals surface area contributed by atoms with Crippen LogP contribution in [0.1, 0.15) is 29.3 Å². The summed E-state index contributed by atoms with van der Waals surface area (Å²) in [5.74, 6) is -0.858. The quantitative estimate of drug-likeness (QED) is 0.782. The fourth-order valence-corrected chi connectivity index (χ4v) is 1.69. The van der Waals surface area contributed by atoms with Gasteiger partial charge in [-0.1, -0.05) is 31.2 Å². The van der Waals surface area contributed by atoms with E-state index >= 15 is 0 Å². The Morgan fingerprint density at radius 2 is 1.88 bits per heavy atom. The molecule has 1 aliphatic carbocycles. The molecule has 3 heteroatoms. The van der Waals surface area contributed by atoms with E-state index in [1.165, 1.54) is 0 Å². The lowest BCUT2D eigenvalue weighted by atomic mass is 9.93. The second-order valence-corrected chi connectivity index (χ2v) is 3.73. The molecule has 16 heavy (non-hydrogen) atoms. The van der Waals surface area contributed by atoms with Gasteiger partial charge in [0.25, 0.3) is 0 Å². The number of carbonyl (C=O) groups excluding carboxylic acids is 2. The van der Waals surface area contributed by atoms with Crippen LogP contribution in [0, 0.1) is 0 Å². The van der Waals surface area contributed by atoms with E-state index in [0.29, 0.717) is 17.8 Å². The zero-order valence-electron chi connectivity index (χ0n) is 9.12. The first-order valence-corrected chi connectivity index (χ1v) is 5.37. The molecule has 0 aromatic heterocycles. The van der Waals surface area contributed by atoms with E-state index in [2.05, 4.69) is 5.32 Å². The normalized spacial score (nSPS) is 14.4. The minimum atomic E-state index is -0.438. The Morgan fingerprint density at radius 3 is 2.62 bits per heavy atom. The number of carbonyl (C=O) groups is 2. The maximum Gasteiger partial charge on any atom is 0.249 e. The third-order valence-electron chi connectivity index (χ3n) is 2.52. The second-order valence-electron chi connectivity index (χ2n) is 3.73. The minimum absolute atomic E-state index is 0.408. The Labute approximate surface area is 94.2 Å². The Morgan fingerprint density at radius 1 is 1.12 bits per heavy atom. The fourth-order valence-electron chi connectivity index (χ4n) is 1.69. The molecule has 1 N–H and O–H groups in total. The molecule has 0 amide bonds. The van der Waals surface area contributed by atoms with Gasteiger partial charge in [-0.25, -0.2) is 0 Å². The molecule has 0 bridgehead atoms. The molecule has 3 nitrogen and oxygen atoms in total. The van der Waals surface area contributed by atoms with Gasteiger partial charge in [-0.15, -0.1) is 0 Å². The van der Waals surface area contributed by atoms with Crippen molar-refractivity contribution < 1.29 is 9.59 Å². The smallest absolute Gasteiger partial charge is 0.249 e. The van der Waals surface area contributed by atoms with Gasteiger partial charge in [-0.3, -0.25) is 9.59 Å². The number of benzene rings is 1. The van der Waals surface area contributed by atoms with Crippen LogP contribution in [0.2, 0.25) is 0 Å². The van der Waals surface area contributed by atoms with Crippen molar-refractivity contribution in [2.75, 3.05) is 6.54 Å². The predicted octanol–water partition coefficient (Wildman–Crippen LogP) is 1.79. The van der Waals surface area contributed by atoms with E-state index in [0.717, 1.165) is 12.0 Å². The number of fused-ring (bicyclic) bond motifs is 1. The molecule has 0 saturated heterocycles. The third kappa shape index (κ3) is 1.76. The number of allylic oxidation sites excluding steroid dienone is 1. The summed E-state index contributed by atoms with van der Waals surface area (Å²) in [5, 5.41) is 2.98. The largest absolute Gasteiger partial charge is 0.382 e.